The number of ketones is 2. The zero-order valence-electron chi connectivity index (χ0n) is 11.6. The summed E-state index contributed by atoms with van der Waals surface area (Å²) in [5.41, 5.74) is 2.34. The van der Waals surface area contributed by atoms with Crippen LogP contribution in [0.15, 0.2) is 53.0 Å². The number of benzene rings is 2. The molecule has 0 saturated heterocycles. The van der Waals surface area contributed by atoms with Crippen molar-refractivity contribution in [1.82, 2.24) is 0 Å². The van der Waals surface area contributed by atoms with E-state index in [4.69, 9.17) is 5.11 Å². The van der Waals surface area contributed by atoms with E-state index in [9.17, 15) is 14.4 Å². The summed E-state index contributed by atoms with van der Waals surface area (Å²) in [7, 11) is 0. The van der Waals surface area contributed by atoms with Gasteiger partial charge in [0.25, 0.3) is 0 Å². The average molecular weight is 361 g/mol. The van der Waals surface area contributed by atoms with Gasteiger partial charge in [0.1, 0.15) is 0 Å². The maximum atomic E-state index is 11.9. The minimum absolute atomic E-state index is 0.346. The molecule has 0 aliphatic carbocycles. The molecule has 1 N–H and O–H groups in total. The van der Waals surface area contributed by atoms with Crippen LogP contribution in [0, 0.1) is 0 Å². The van der Waals surface area contributed by atoms with E-state index in [1.807, 2.05) is 30.3 Å². The topological polar surface area (TPSA) is 71.4 Å². The quantitative estimate of drug-likeness (QED) is 0.487. The van der Waals surface area contributed by atoms with E-state index in [-0.39, 0.29) is 0 Å². The first-order chi connectivity index (χ1) is 10.5. The zero-order valence-corrected chi connectivity index (χ0v) is 13.2. The number of aliphatic carboxylic acids is 1. The second kappa shape index (κ2) is 7.13. The van der Waals surface area contributed by atoms with Gasteiger partial charge in [-0.1, -0.05) is 52.3 Å². The molecule has 0 fully saturated rings. The SMILES string of the molecule is O=C(O)C(=O)CC(=O)c1cccc(Cc2ccccc2Br)c1. The van der Waals surface area contributed by atoms with Gasteiger partial charge in [0.15, 0.2) is 5.78 Å². The van der Waals surface area contributed by atoms with E-state index >= 15 is 0 Å². The van der Waals surface area contributed by atoms with Crippen LogP contribution < -0.4 is 0 Å². The van der Waals surface area contributed by atoms with Gasteiger partial charge in [-0.05, 0) is 29.7 Å². The number of rotatable bonds is 6. The largest absolute Gasteiger partial charge is 0.475 e. The normalized spacial score (nSPS) is 10.2. The lowest BCUT2D eigenvalue weighted by Crippen LogP contribution is -2.17. The first kappa shape index (κ1) is 16.1. The predicted octanol–water partition coefficient (Wildman–Crippen LogP) is 3.27. The summed E-state index contributed by atoms with van der Waals surface area (Å²) in [6, 6.07) is 14.7. The summed E-state index contributed by atoms with van der Waals surface area (Å²) in [5, 5.41) is 8.55. The van der Waals surface area contributed by atoms with Crippen LogP contribution in [0.2, 0.25) is 0 Å². The molecule has 0 radical (unpaired) electrons. The number of carboxylic acid groups (broad SMARTS) is 1. The minimum Gasteiger partial charge on any atom is -0.475 e. The van der Waals surface area contributed by atoms with Gasteiger partial charge < -0.3 is 5.11 Å². The Morgan fingerprint density at radius 1 is 1.00 bits per heavy atom. The minimum atomic E-state index is -1.59. The second-order valence-electron chi connectivity index (χ2n) is 4.80. The number of hydrogen-bond acceptors (Lipinski definition) is 3. The summed E-state index contributed by atoms with van der Waals surface area (Å²) in [5.74, 6) is -3.17. The molecule has 0 aromatic heterocycles. The fourth-order valence-electron chi connectivity index (χ4n) is 2.04. The van der Waals surface area contributed by atoms with Crippen molar-refractivity contribution in [3.05, 3.63) is 69.7 Å². The molecule has 0 unspecified atom stereocenters. The van der Waals surface area contributed by atoms with Crippen LogP contribution in [0.25, 0.3) is 0 Å². The highest BCUT2D eigenvalue weighted by Gasteiger charge is 2.18. The highest BCUT2D eigenvalue weighted by molar-refractivity contribution is 9.10. The molecule has 0 aliphatic rings. The molecule has 0 heterocycles. The first-order valence-electron chi connectivity index (χ1n) is 6.59. The van der Waals surface area contributed by atoms with Crippen LogP contribution in [0.4, 0.5) is 0 Å². The van der Waals surface area contributed by atoms with Crippen LogP contribution >= 0.6 is 15.9 Å². The molecule has 5 heteroatoms. The molecular formula is C17H13BrO4. The molecule has 0 atom stereocenters. The van der Waals surface area contributed by atoms with Crippen LogP contribution in [0.5, 0.6) is 0 Å². The van der Waals surface area contributed by atoms with Crippen molar-refractivity contribution >= 4 is 33.5 Å². The molecule has 0 spiro atoms. The highest BCUT2D eigenvalue weighted by Crippen LogP contribution is 2.20. The van der Waals surface area contributed by atoms with Gasteiger partial charge >= 0.3 is 5.97 Å². The lowest BCUT2D eigenvalue weighted by Gasteiger charge is -2.06. The molecule has 2 rings (SSSR count). The van der Waals surface area contributed by atoms with E-state index in [1.54, 1.807) is 18.2 Å². The van der Waals surface area contributed by atoms with Crippen molar-refractivity contribution in [1.29, 1.82) is 0 Å². The zero-order chi connectivity index (χ0) is 16.1. The fraction of sp³-hybridized carbons (Fsp3) is 0.118. The third-order valence-corrected chi connectivity index (χ3v) is 3.93. The van der Waals surface area contributed by atoms with Crippen molar-refractivity contribution in [3.63, 3.8) is 0 Å². The van der Waals surface area contributed by atoms with Crippen LogP contribution in [0.3, 0.4) is 0 Å². The van der Waals surface area contributed by atoms with Gasteiger partial charge in [-0.2, -0.15) is 0 Å². The van der Waals surface area contributed by atoms with Crippen LogP contribution in [0.1, 0.15) is 27.9 Å². The Morgan fingerprint density at radius 2 is 1.73 bits per heavy atom. The summed E-state index contributed by atoms with van der Waals surface area (Å²) in [6.07, 6.45) is 0.0171. The number of halogens is 1. The van der Waals surface area contributed by atoms with Gasteiger partial charge in [-0.3, -0.25) is 9.59 Å². The van der Waals surface area contributed by atoms with Crippen LogP contribution in [-0.4, -0.2) is 22.6 Å². The number of carboxylic acids is 1. The molecule has 22 heavy (non-hydrogen) atoms. The predicted molar refractivity (Wildman–Crippen MR) is 85.0 cm³/mol. The molecular weight excluding hydrogens is 348 g/mol. The Balaban J connectivity index is 2.16. The number of Topliss-reactive ketones (excluding diaryl/α,β-unsaturated/α-hetero) is 2. The Hall–Kier alpha value is -2.27. The third kappa shape index (κ3) is 4.11. The molecule has 0 amide bonds. The van der Waals surface area contributed by atoms with E-state index in [1.165, 1.54) is 0 Å². The van der Waals surface area contributed by atoms with Gasteiger partial charge in [0.05, 0.1) is 6.42 Å². The maximum Gasteiger partial charge on any atom is 0.372 e. The molecule has 2 aromatic carbocycles. The smallest absolute Gasteiger partial charge is 0.372 e. The third-order valence-electron chi connectivity index (χ3n) is 3.16. The van der Waals surface area contributed by atoms with Gasteiger partial charge in [-0.25, -0.2) is 4.79 Å². The molecule has 0 saturated carbocycles. The summed E-state index contributed by atoms with van der Waals surface area (Å²) in [6.45, 7) is 0. The van der Waals surface area contributed by atoms with Crippen molar-refractivity contribution in [3.8, 4) is 0 Å². The van der Waals surface area contributed by atoms with Gasteiger partial charge in [0.2, 0.25) is 5.78 Å². The van der Waals surface area contributed by atoms with E-state index in [2.05, 4.69) is 15.9 Å². The van der Waals surface area contributed by atoms with Crippen molar-refractivity contribution in [2.24, 2.45) is 0 Å². The Labute approximate surface area is 135 Å². The highest BCUT2D eigenvalue weighted by atomic mass is 79.9. The van der Waals surface area contributed by atoms with Crippen LogP contribution in [-0.2, 0) is 16.0 Å². The standard InChI is InChI=1S/C17H13BrO4/c18-14-7-2-1-5-12(14)8-11-4-3-6-13(9-11)15(19)10-16(20)17(21)22/h1-7,9H,8,10H2,(H,21,22). The Kier molecular flexibility index (Phi) is 5.22. The Bertz CT molecular complexity index is 737. The van der Waals surface area contributed by atoms with E-state index in [0.29, 0.717) is 12.0 Å². The molecule has 2 aromatic rings. The lowest BCUT2D eigenvalue weighted by atomic mass is 9.99. The van der Waals surface area contributed by atoms with Gasteiger partial charge in [-0.15, -0.1) is 0 Å². The van der Waals surface area contributed by atoms with Crippen molar-refractivity contribution in [2.75, 3.05) is 0 Å². The average Bonchev–Trinajstić information content (AvgIpc) is 2.49. The van der Waals surface area contributed by atoms with Crippen molar-refractivity contribution in [2.45, 2.75) is 12.8 Å². The van der Waals surface area contributed by atoms with Gasteiger partial charge in [0, 0.05) is 10.0 Å². The molecule has 0 bridgehead atoms. The maximum absolute atomic E-state index is 11.9. The molecule has 112 valence electrons. The first-order valence-corrected chi connectivity index (χ1v) is 7.38. The lowest BCUT2D eigenvalue weighted by molar-refractivity contribution is -0.148. The molecule has 0 aliphatic heterocycles. The summed E-state index contributed by atoms with van der Waals surface area (Å²) in [4.78, 5) is 33.6. The van der Waals surface area contributed by atoms with Crippen molar-refractivity contribution < 1.29 is 19.5 Å². The number of hydrogen-bond donors (Lipinski definition) is 1. The number of carbonyl (C=O) groups excluding carboxylic acids is 2. The second-order valence-corrected chi connectivity index (χ2v) is 5.65. The fourth-order valence-corrected chi connectivity index (χ4v) is 2.46. The van der Waals surface area contributed by atoms with E-state index < -0.39 is 24.0 Å². The summed E-state index contributed by atoms with van der Waals surface area (Å²) >= 11 is 3.47. The monoisotopic (exact) mass is 360 g/mol. The molecule has 4 nitrogen and oxygen atoms in total. The number of carbonyl (C=O) groups is 3. The summed E-state index contributed by atoms with van der Waals surface area (Å²) < 4.78 is 0.979. The van der Waals surface area contributed by atoms with E-state index in [0.717, 1.165) is 15.6 Å². The Morgan fingerprint density at radius 3 is 2.41 bits per heavy atom.